The summed E-state index contributed by atoms with van der Waals surface area (Å²) in [6.45, 7) is 8.28. The molecule has 4 aromatic heterocycles. The Balaban J connectivity index is 1.51. The number of nitrogens with zero attached hydrogens (tertiary/aromatic N) is 9. The van der Waals surface area contributed by atoms with Gasteiger partial charge < -0.3 is 4.90 Å². The summed E-state index contributed by atoms with van der Waals surface area (Å²) >= 11 is 1.57. The number of anilines is 1. The van der Waals surface area contributed by atoms with Crippen LogP contribution in [0.15, 0.2) is 28.6 Å². The van der Waals surface area contributed by atoms with Gasteiger partial charge in [-0.15, -0.1) is 11.3 Å². The third kappa shape index (κ3) is 4.06. The number of rotatable bonds is 6. The van der Waals surface area contributed by atoms with E-state index in [1.165, 1.54) is 4.57 Å². The summed E-state index contributed by atoms with van der Waals surface area (Å²) in [6.07, 6.45) is 3.61. The van der Waals surface area contributed by atoms with Crippen LogP contribution in [-0.4, -0.2) is 59.4 Å². The Morgan fingerprint density at radius 3 is 2.74 bits per heavy atom. The van der Waals surface area contributed by atoms with E-state index in [2.05, 4.69) is 63.8 Å². The summed E-state index contributed by atoms with van der Waals surface area (Å²) in [7, 11) is 1.69. The lowest BCUT2D eigenvalue weighted by atomic mass is 9.99. The Kier molecular flexibility index (Phi) is 6.25. The minimum absolute atomic E-state index is 0.125. The van der Waals surface area contributed by atoms with Crippen LogP contribution in [0.5, 0.6) is 0 Å². The van der Waals surface area contributed by atoms with E-state index in [0.717, 1.165) is 42.0 Å². The van der Waals surface area contributed by atoms with Crippen LogP contribution in [0, 0.1) is 11.3 Å². The molecule has 0 aliphatic carbocycles. The number of thiazole rings is 1. The van der Waals surface area contributed by atoms with Gasteiger partial charge in [-0.2, -0.15) is 15.3 Å². The normalized spacial score (nSPS) is 19.9. The van der Waals surface area contributed by atoms with Gasteiger partial charge in [0.25, 0.3) is 0 Å². The van der Waals surface area contributed by atoms with Gasteiger partial charge in [-0.3, -0.25) is 14.1 Å². The molecule has 11 heteroatoms. The van der Waals surface area contributed by atoms with Crippen molar-refractivity contribution < 1.29 is 0 Å². The van der Waals surface area contributed by atoms with Crippen molar-refractivity contribution in [2.75, 3.05) is 18.0 Å². The molecule has 0 saturated carbocycles. The fourth-order valence-corrected chi connectivity index (χ4v) is 5.74. The Hall–Kier alpha value is -3.36. The van der Waals surface area contributed by atoms with E-state index in [0.29, 0.717) is 16.9 Å². The summed E-state index contributed by atoms with van der Waals surface area (Å²) in [6, 6.07) is 6.83. The SMILES string of the molecule is CC[C@H]1CN([C@H](C)c2ccc3ncsc3n2)[C@H](CC)CN1c1nc(=O)n(C)c2cn(CC#N)nc12. The van der Waals surface area contributed by atoms with Gasteiger partial charge in [-0.1, -0.05) is 13.8 Å². The topological polar surface area (TPSA) is 109 Å². The second-order valence-corrected chi connectivity index (χ2v) is 9.89. The minimum Gasteiger partial charge on any atom is -0.349 e. The molecule has 5 rings (SSSR count). The van der Waals surface area contributed by atoms with Gasteiger partial charge >= 0.3 is 5.69 Å². The van der Waals surface area contributed by atoms with E-state index in [1.54, 1.807) is 29.3 Å². The fraction of sp³-hybridized carbons (Fsp3) is 0.500. The lowest BCUT2D eigenvalue weighted by Crippen LogP contribution is -2.59. The van der Waals surface area contributed by atoms with Crippen LogP contribution in [0.1, 0.15) is 45.3 Å². The van der Waals surface area contributed by atoms with E-state index in [9.17, 15) is 4.79 Å². The van der Waals surface area contributed by atoms with Gasteiger partial charge in [0.15, 0.2) is 11.3 Å². The number of aromatic nitrogens is 6. The molecule has 1 aliphatic rings. The first-order valence-corrected chi connectivity index (χ1v) is 12.9. The Morgan fingerprint density at radius 1 is 1.20 bits per heavy atom. The van der Waals surface area contributed by atoms with Crippen molar-refractivity contribution in [3.8, 4) is 6.07 Å². The molecule has 0 spiro atoms. The zero-order valence-electron chi connectivity index (χ0n) is 20.4. The number of piperazine rings is 1. The fourth-order valence-electron chi connectivity index (χ4n) is 5.08. The maximum Gasteiger partial charge on any atom is 0.349 e. The highest BCUT2D eigenvalue weighted by Crippen LogP contribution is 2.33. The van der Waals surface area contributed by atoms with Crippen molar-refractivity contribution in [1.29, 1.82) is 5.26 Å². The summed E-state index contributed by atoms with van der Waals surface area (Å²) in [5.74, 6) is 0.613. The van der Waals surface area contributed by atoms with Crippen molar-refractivity contribution in [3.05, 3.63) is 40.0 Å². The zero-order chi connectivity index (χ0) is 24.7. The highest BCUT2D eigenvalue weighted by atomic mass is 32.1. The smallest absolute Gasteiger partial charge is 0.349 e. The summed E-state index contributed by atoms with van der Waals surface area (Å²) < 4.78 is 3.07. The molecular formula is C24H29N9OS. The van der Waals surface area contributed by atoms with E-state index in [4.69, 9.17) is 10.2 Å². The van der Waals surface area contributed by atoms with Gasteiger partial charge in [0.2, 0.25) is 0 Å². The number of hydrogen-bond donors (Lipinski definition) is 0. The third-order valence-electron chi connectivity index (χ3n) is 7.13. The maximum atomic E-state index is 12.8. The number of pyridine rings is 1. The molecule has 5 heterocycles. The molecule has 1 saturated heterocycles. The molecule has 1 fully saturated rings. The van der Waals surface area contributed by atoms with E-state index in [-0.39, 0.29) is 30.4 Å². The number of nitriles is 1. The zero-order valence-corrected chi connectivity index (χ0v) is 21.2. The third-order valence-corrected chi connectivity index (χ3v) is 7.87. The predicted octanol–water partition coefficient (Wildman–Crippen LogP) is 3.10. The van der Waals surface area contributed by atoms with E-state index >= 15 is 0 Å². The Labute approximate surface area is 207 Å². The van der Waals surface area contributed by atoms with Crippen LogP contribution in [0.4, 0.5) is 5.82 Å². The molecule has 0 bridgehead atoms. The number of aryl methyl sites for hydroxylation is 1. The molecular weight excluding hydrogens is 462 g/mol. The largest absolute Gasteiger partial charge is 0.349 e. The molecule has 0 unspecified atom stereocenters. The second kappa shape index (κ2) is 9.36. The van der Waals surface area contributed by atoms with Crippen LogP contribution in [0.2, 0.25) is 0 Å². The summed E-state index contributed by atoms with van der Waals surface area (Å²) in [4.78, 5) is 32.2. The van der Waals surface area contributed by atoms with Gasteiger partial charge in [-0.25, -0.2) is 14.8 Å². The van der Waals surface area contributed by atoms with Crippen LogP contribution in [0.3, 0.4) is 0 Å². The average molecular weight is 492 g/mol. The van der Waals surface area contributed by atoms with Crippen molar-refractivity contribution >= 4 is 38.5 Å². The maximum absolute atomic E-state index is 12.8. The first-order valence-electron chi connectivity index (χ1n) is 12.0. The minimum atomic E-state index is -0.315. The molecule has 0 N–H and O–H groups in total. The highest BCUT2D eigenvalue weighted by Gasteiger charge is 2.37. The van der Waals surface area contributed by atoms with Crippen molar-refractivity contribution in [3.63, 3.8) is 0 Å². The monoisotopic (exact) mass is 491 g/mol. The van der Waals surface area contributed by atoms with Crippen molar-refractivity contribution in [1.82, 2.24) is 34.2 Å². The van der Waals surface area contributed by atoms with Crippen LogP contribution in [0.25, 0.3) is 21.4 Å². The second-order valence-electron chi connectivity index (χ2n) is 9.06. The lowest BCUT2D eigenvalue weighted by Gasteiger charge is -2.48. The molecule has 0 radical (unpaired) electrons. The van der Waals surface area contributed by atoms with Crippen molar-refractivity contribution in [2.24, 2.45) is 7.05 Å². The number of fused-ring (bicyclic) bond motifs is 2. The van der Waals surface area contributed by atoms with Crippen LogP contribution >= 0.6 is 11.3 Å². The first-order chi connectivity index (χ1) is 16.9. The molecule has 3 atom stereocenters. The molecule has 4 aromatic rings. The Bertz CT molecular complexity index is 1470. The average Bonchev–Trinajstić information content (AvgIpc) is 3.52. The lowest BCUT2D eigenvalue weighted by molar-refractivity contribution is 0.0989. The summed E-state index contributed by atoms with van der Waals surface area (Å²) in [5, 5.41) is 13.8. The van der Waals surface area contributed by atoms with Gasteiger partial charge in [0, 0.05) is 38.3 Å². The molecule has 0 aromatic carbocycles. The predicted molar refractivity (Wildman–Crippen MR) is 136 cm³/mol. The van der Waals surface area contributed by atoms with Gasteiger partial charge in [-0.05, 0) is 31.9 Å². The van der Waals surface area contributed by atoms with Crippen molar-refractivity contribution in [2.45, 2.75) is 58.3 Å². The molecule has 35 heavy (non-hydrogen) atoms. The van der Waals surface area contributed by atoms with Crippen LogP contribution < -0.4 is 10.6 Å². The van der Waals surface area contributed by atoms with Gasteiger partial charge in [0.1, 0.15) is 11.4 Å². The molecule has 10 nitrogen and oxygen atoms in total. The van der Waals surface area contributed by atoms with Crippen LogP contribution in [-0.2, 0) is 13.6 Å². The highest BCUT2D eigenvalue weighted by molar-refractivity contribution is 7.16. The standard InChI is InChI=1S/C24H29N9OS/c1-5-16-12-33(22-21-20(30(4)24(34)28-22)13-31(29-21)10-9-25)17(6-2)11-32(16)15(3)18-7-8-19-23(27-18)35-14-26-19/h7-8,13-17H,5-6,10-12H2,1-4H3/t15-,16-,17+/m1/s1. The summed E-state index contributed by atoms with van der Waals surface area (Å²) in [5.41, 5.74) is 4.86. The van der Waals surface area contributed by atoms with Gasteiger partial charge in [0.05, 0.1) is 34.5 Å². The Morgan fingerprint density at radius 2 is 2.00 bits per heavy atom. The molecule has 1 aliphatic heterocycles. The quantitative estimate of drug-likeness (QED) is 0.405. The molecule has 182 valence electrons. The first kappa shape index (κ1) is 23.4. The van der Waals surface area contributed by atoms with E-state index in [1.807, 2.05) is 5.51 Å². The number of hydrogen-bond acceptors (Lipinski definition) is 9. The molecule has 0 amide bonds. The van der Waals surface area contributed by atoms with E-state index < -0.39 is 0 Å².